The molecule has 1 N–H and O–H groups in total. The van der Waals surface area contributed by atoms with Crippen LogP contribution in [0.5, 0.6) is 0 Å². The van der Waals surface area contributed by atoms with Crippen LogP contribution in [0, 0.1) is 0 Å². The first-order valence-electron chi connectivity index (χ1n) is 5.68. The van der Waals surface area contributed by atoms with Gasteiger partial charge in [0.25, 0.3) is 0 Å². The SMILES string of the molecule is COCCOCC(=O)N(CCN(C)C)CC(=O)O. The van der Waals surface area contributed by atoms with Gasteiger partial charge in [0, 0.05) is 20.2 Å². The minimum absolute atomic E-state index is 0.121. The van der Waals surface area contributed by atoms with Crippen LogP contribution < -0.4 is 0 Å². The summed E-state index contributed by atoms with van der Waals surface area (Å²) < 4.78 is 9.86. The largest absolute Gasteiger partial charge is 0.480 e. The molecule has 0 heterocycles. The second-order valence-corrected chi connectivity index (χ2v) is 4.06. The summed E-state index contributed by atoms with van der Waals surface area (Å²) in [6.07, 6.45) is 0. The number of carbonyl (C=O) groups is 2. The molecule has 7 nitrogen and oxygen atoms in total. The minimum atomic E-state index is -1.03. The Labute approximate surface area is 107 Å². The molecular weight excluding hydrogens is 240 g/mol. The van der Waals surface area contributed by atoms with Crippen molar-refractivity contribution in [2.24, 2.45) is 0 Å². The van der Waals surface area contributed by atoms with E-state index in [1.165, 1.54) is 4.90 Å². The molecule has 0 aliphatic carbocycles. The summed E-state index contributed by atoms with van der Waals surface area (Å²) in [4.78, 5) is 25.6. The number of likely N-dealkylation sites (N-methyl/N-ethyl adjacent to an activating group) is 1. The number of methoxy groups -OCH3 is 1. The highest BCUT2D eigenvalue weighted by atomic mass is 16.5. The van der Waals surface area contributed by atoms with E-state index in [9.17, 15) is 9.59 Å². The molecule has 106 valence electrons. The Hall–Kier alpha value is -1.18. The maximum atomic E-state index is 11.7. The molecule has 0 radical (unpaired) electrons. The van der Waals surface area contributed by atoms with Crippen LogP contribution in [0.1, 0.15) is 0 Å². The molecule has 0 aromatic carbocycles. The Kier molecular flexibility index (Phi) is 9.17. The molecule has 0 fully saturated rings. The molecule has 0 aromatic heterocycles. The zero-order chi connectivity index (χ0) is 14.0. The van der Waals surface area contributed by atoms with Crippen LogP contribution in [-0.4, -0.2) is 87.4 Å². The highest BCUT2D eigenvalue weighted by Crippen LogP contribution is 1.93. The predicted octanol–water partition coefficient (Wildman–Crippen LogP) is -0.876. The fourth-order valence-corrected chi connectivity index (χ4v) is 1.17. The minimum Gasteiger partial charge on any atom is -0.480 e. The lowest BCUT2D eigenvalue weighted by atomic mass is 10.4. The van der Waals surface area contributed by atoms with Gasteiger partial charge >= 0.3 is 5.97 Å². The lowest BCUT2D eigenvalue weighted by molar-refractivity contribution is -0.146. The van der Waals surface area contributed by atoms with E-state index in [-0.39, 0.29) is 19.1 Å². The standard InChI is InChI=1S/C11H22N2O5/c1-12(2)4-5-13(8-11(15)16)10(14)9-18-7-6-17-3/h4-9H2,1-3H3,(H,15,16). The van der Waals surface area contributed by atoms with Gasteiger partial charge in [-0.3, -0.25) is 9.59 Å². The fourth-order valence-electron chi connectivity index (χ4n) is 1.17. The third-order valence-electron chi connectivity index (χ3n) is 2.15. The van der Waals surface area contributed by atoms with Gasteiger partial charge in [-0.1, -0.05) is 0 Å². The maximum Gasteiger partial charge on any atom is 0.323 e. The van der Waals surface area contributed by atoms with E-state index in [0.717, 1.165) is 0 Å². The predicted molar refractivity (Wildman–Crippen MR) is 65.5 cm³/mol. The number of amides is 1. The quantitative estimate of drug-likeness (QED) is 0.515. The average Bonchev–Trinajstić information content (AvgIpc) is 2.29. The van der Waals surface area contributed by atoms with Crippen LogP contribution in [0.15, 0.2) is 0 Å². The third kappa shape index (κ3) is 8.91. The Balaban J connectivity index is 4.09. The smallest absolute Gasteiger partial charge is 0.323 e. The number of hydrogen-bond acceptors (Lipinski definition) is 5. The number of hydrogen-bond donors (Lipinski definition) is 1. The molecule has 0 aromatic rings. The Morgan fingerprint density at radius 1 is 1.17 bits per heavy atom. The monoisotopic (exact) mass is 262 g/mol. The van der Waals surface area contributed by atoms with Crippen molar-refractivity contribution in [2.75, 3.05) is 60.7 Å². The molecule has 0 aliphatic rings. The third-order valence-corrected chi connectivity index (χ3v) is 2.15. The van der Waals surface area contributed by atoms with Gasteiger partial charge in [0.1, 0.15) is 13.2 Å². The summed E-state index contributed by atoms with van der Waals surface area (Å²) in [7, 11) is 5.26. The molecule has 0 unspecified atom stereocenters. The van der Waals surface area contributed by atoms with Gasteiger partial charge < -0.3 is 24.4 Å². The summed E-state index contributed by atoms with van der Waals surface area (Å²) in [5, 5.41) is 8.74. The second kappa shape index (κ2) is 9.81. The van der Waals surface area contributed by atoms with Gasteiger partial charge in [-0.25, -0.2) is 0 Å². The summed E-state index contributed by atoms with van der Waals surface area (Å²) in [5.41, 5.74) is 0. The molecule has 0 saturated heterocycles. The molecular formula is C11H22N2O5. The number of nitrogens with zero attached hydrogens (tertiary/aromatic N) is 2. The van der Waals surface area contributed by atoms with Crippen molar-refractivity contribution in [3.05, 3.63) is 0 Å². The van der Waals surface area contributed by atoms with Crippen LogP contribution >= 0.6 is 0 Å². The topological polar surface area (TPSA) is 79.3 Å². The molecule has 0 aliphatic heterocycles. The molecule has 0 spiro atoms. The van der Waals surface area contributed by atoms with Crippen molar-refractivity contribution in [2.45, 2.75) is 0 Å². The Morgan fingerprint density at radius 2 is 1.83 bits per heavy atom. The van der Waals surface area contributed by atoms with Gasteiger partial charge in [-0.05, 0) is 14.1 Å². The summed E-state index contributed by atoms with van der Waals surface area (Å²) in [6, 6.07) is 0. The van der Waals surface area contributed by atoms with Gasteiger partial charge in [0.2, 0.25) is 5.91 Å². The molecule has 7 heteroatoms. The van der Waals surface area contributed by atoms with Gasteiger partial charge in [0.05, 0.1) is 13.2 Å². The maximum absolute atomic E-state index is 11.7. The normalized spacial score (nSPS) is 10.7. The van der Waals surface area contributed by atoms with Crippen LogP contribution in [-0.2, 0) is 19.1 Å². The zero-order valence-electron chi connectivity index (χ0n) is 11.2. The van der Waals surface area contributed by atoms with Gasteiger partial charge in [-0.15, -0.1) is 0 Å². The van der Waals surface area contributed by atoms with Crippen LogP contribution in [0.4, 0.5) is 0 Å². The molecule has 0 rings (SSSR count). The summed E-state index contributed by atoms with van der Waals surface area (Å²) in [6.45, 7) is 1.27. The van der Waals surface area contributed by atoms with E-state index in [4.69, 9.17) is 14.6 Å². The first-order chi connectivity index (χ1) is 8.47. The van der Waals surface area contributed by atoms with E-state index >= 15 is 0 Å². The van der Waals surface area contributed by atoms with Crippen LogP contribution in [0.25, 0.3) is 0 Å². The number of carboxylic acid groups (broad SMARTS) is 1. The fraction of sp³-hybridized carbons (Fsp3) is 0.818. The van der Waals surface area contributed by atoms with Crippen molar-refractivity contribution < 1.29 is 24.2 Å². The highest BCUT2D eigenvalue weighted by molar-refractivity contribution is 5.82. The van der Waals surface area contributed by atoms with E-state index in [0.29, 0.717) is 26.3 Å². The number of aliphatic carboxylic acids is 1. The van der Waals surface area contributed by atoms with Gasteiger partial charge in [0.15, 0.2) is 0 Å². The zero-order valence-corrected chi connectivity index (χ0v) is 11.2. The van der Waals surface area contributed by atoms with Crippen molar-refractivity contribution in [1.82, 2.24) is 9.80 Å². The van der Waals surface area contributed by atoms with Crippen LogP contribution in [0.3, 0.4) is 0 Å². The van der Waals surface area contributed by atoms with Crippen molar-refractivity contribution >= 4 is 11.9 Å². The first-order valence-corrected chi connectivity index (χ1v) is 5.68. The van der Waals surface area contributed by atoms with E-state index in [2.05, 4.69) is 0 Å². The number of carbonyl (C=O) groups excluding carboxylic acids is 1. The van der Waals surface area contributed by atoms with Crippen molar-refractivity contribution in [3.63, 3.8) is 0 Å². The molecule has 0 saturated carbocycles. The first kappa shape index (κ1) is 16.8. The molecule has 18 heavy (non-hydrogen) atoms. The number of ether oxygens (including phenoxy) is 2. The summed E-state index contributed by atoms with van der Waals surface area (Å²) >= 11 is 0. The van der Waals surface area contributed by atoms with Crippen molar-refractivity contribution in [1.29, 1.82) is 0 Å². The van der Waals surface area contributed by atoms with Crippen molar-refractivity contribution in [3.8, 4) is 0 Å². The lowest BCUT2D eigenvalue weighted by Crippen LogP contribution is -2.41. The average molecular weight is 262 g/mol. The van der Waals surface area contributed by atoms with E-state index in [1.807, 2.05) is 19.0 Å². The number of rotatable bonds is 10. The lowest BCUT2D eigenvalue weighted by Gasteiger charge is -2.22. The highest BCUT2D eigenvalue weighted by Gasteiger charge is 2.16. The Bertz CT molecular complexity index is 258. The van der Waals surface area contributed by atoms with Crippen LogP contribution in [0.2, 0.25) is 0 Å². The molecule has 1 amide bonds. The number of carboxylic acids is 1. The van der Waals surface area contributed by atoms with E-state index < -0.39 is 5.97 Å². The molecule has 0 bridgehead atoms. The second-order valence-electron chi connectivity index (χ2n) is 4.06. The Morgan fingerprint density at radius 3 is 2.33 bits per heavy atom. The molecule has 0 atom stereocenters. The summed E-state index contributed by atoms with van der Waals surface area (Å²) in [5.74, 6) is -1.35. The van der Waals surface area contributed by atoms with E-state index in [1.54, 1.807) is 7.11 Å². The van der Waals surface area contributed by atoms with Gasteiger partial charge in [-0.2, -0.15) is 0 Å².